The highest BCUT2D eigenvalue weighted by molar-refractivity contribution is 5.79. The quantitative estimate of drug-likeness (QED) is 0.816. The predicted octanol–water partition coefficient (Wildman–Crippen LogP) is 2.77. The molecule has 28 heavy (non-hydrogen) atoms. The van der Waals surface area contributed by atoms with Gasteiger partial charge in [0.15, 0.2) is 0 Å². The standard InChI is InChI=1S/C22H28N4O2/c1-25-10-4-3-8-20(25)22-23-14-17-15-26(11-9-19(17)24-22)21(27)13-16-6-5-7-18(12-16)28-2/h5-7,12,14,20H,3-4,8-11,13,15H2,1-2H3/t20-/m0/s1. The average Bonchev–Trinajstić information content (AvgIpc) is 2.73. The van der Waals surface area contributed by atoms with Crippen molar-refractivity contribution in [2.24, 2.45) is 0 Å². The van der Waals surface area contributed by atoms with Crippen LogP contribution in [0, 0.1) is 0 Å². The highest BCUT2D eigenvalue weighted by atomic mass is 16.5. The third-order valence-corrected chi connectivity index (χ3v) is 5.86. The van der Waals surface area contributed by atoms with Crippen molar-refractivity contribution in [1.29, 1.82) is 0 Å². The Morgan fingerprint density at radius 3 is 3.00 bits per heavy atom. The normalized spacial score (nSPS) is 19.9. The van der Waals surface area contributed by atoms with E-state index in [4.69, 9.17) is 9.72 Å². The van der Waals surface area contributed by atoms with E-state index in [0.29, 0.717) is 25.6 Å². The SMILES string of the molecule is COc1cccc(CC(=O)N2CCc3nc([C@@H]4CCCCN4C)ncc3C2)c1. The van der Waals surface area contributed by atoms with Crippen molar-refractivity contribution >= 4 is 5.91 Å². The molecule has 0 aliphatic carbocycles. The summed E-state index contributed by atoms with van der Waals surface area (Å²) in [7, 11) is 3.80. The molecule has 0 unspecified atom stereocenters. The first-order valence-electron chi connectivity index (χ1n) is 10.1. The Morgan fingerprint density at radius 2 is 2.18 bits per heavy atom. The lowest BCUT2D eigenvalue weighted by Crippen LogP contribution is -2.38. The van der Waals surface area contributed by atoms with Gasteiger partial charge in [0.2, 0.25) is 5.91 Å². The number of hydrogen-bond acceptors (Lipinski definition) is 5. The van der Waals surface area contributed by atoms with E-state index in [2.05, 4.69) is 16.9 Å². The highest BCUT2D eigenvalue weighted by Crippen LogP contribution is 2.28. The van der Waals surface area contributed by atoms with Crippen molar-refractivity contribution < 1.29 is 9.53 Å². The molecule has 0 spiro atoms. The Bertz CT molecular complexity index is 854. The number of hydrogen-bond donors (Lipinski definition) is 0. The number of carbonyl (C=O) groups is 1. The summed E-state index contributed by atoms with van der Waals surface area (Å²) in [6.07, 6.45) is 6.74. The molecule has 148 valence electrons. The van der Waals surface area contributed by atoms with Crippen molar-refractivity contribution in [3.05, 3.63) is 53.1 Å². The van der Waals surface area contributed by atoms with Crippen LogP contribution in [0.15, 0.2) is 30.5 Å². The number of benzene rings is 1. The smallest absolute Gasteiger partial charge is 0.227 e. The van der Waals surface area contributed by atoms with Gasteiger partial charge in [-0.3, -0.25) is 9.69 Å². The lowest BCUT2D eigenvalue weighted by molar-refractivity contribution is -0.131. The molecule has 2 aliphatic heterocycles. The number of rotatable bonds is 4. The lowest BCUT2D eigenvalue weighted by atomic mass is 10.0. The number of ether oxygens (including phenoxy) is 1. The average molecular weight is 380 g/mol. The van der Waals surface area contributed by atoms with Crippen LogP contribution in [0.3, 0.4) is 0 Å². The lowest BCUT2D eigenvalue weighted by Gasteiger charge is -2.33. The zero-order valence-electron chi connectivity index (χ0n) is 16.7. The Balaban J connectivity index is 1.43. The highest BCUT2D eigenvalue weighted by Gasteiger charge is 2.26. The first-order chi connectivity index (χ1) is 13.6. The predicted molar refractivity (Wildman–Crippen MR) is 107 cm³/mol. The van der Waals surface area contributed by atoms with Crippen molar-refractivity contribution in [2.45, 2.75) is 44.7 Å². The maximum Gasteiger partial charge on any atom is 0.227 e. The van der Waals surface area contributed by atoms with Gasteiger partial charge in [-0.2, -0.15) is 0 Å². The van der Waals surface area contributed by atoms with Gasteiger partial charge in [-0.05, 0) is 44.1 Å². The monoisotopic (exact) mass is 380 g/mol. The van der Waals surface area contributed by atoms with Gasteiger partial charge in [-0.25, -0.2) is 9.97 Å². The Morgan fingerprint density at radius 1 is 1.29 bits per heavy atom. The zero-order valence-corrected chi connectivity index (χ0v) is 16.7. The van der Waals surface area contributed by atoms with Gasteiger partial charge in [0.25, 0.3) is 0 Å². The van der Waals surface area contributed by atoms with Crippen LogP contribution in [-0.2, 0) is 24.2 Å². The van der Waals surface area contributed by atoms with Crippen LogP contribution in [-0.4, -0.2) is 52.9 Å². The molecule has 4 rings (SSSR count). The number of carbonyl (C=O) groups excluding carboxylic acids is 1. The van der Waals surface area contributed by atoms with E-state index >= 15 is 0 Å². The van der Waals surface area contributed by atoms with Crippen molar-refractivity contribution in [3.8, 4) is 5.75 Å². The van der Waals surface area contributed by atoms with E-state index in [1.54, 1.807) is 7.11 Å². The van der Waals surface area contributed by atoms with Gasteiger partial charge in [-0.15, -0.1) is 0 Å². The summed E-state index contributed by atoms with van der Waals surface area (Å²) in [5.74, 6) is 1.86. The van der Waals surface area contributed by atoms with Gasteiger partial charge in [0, 0.05) is 31.3 Å². The maximum absolute atomic E-state index is 12.8. The molecular weight excluding hydrogens is 352 g/mol. The third-order valence-electron chi connectivity index (χ3n) is 5.86. The van der Waals surface area contributed by atoms with E-state index in [1.807, 2.05) is 35.4 Å². The van der Waals surface area contributed by atoms with E-state index in [1.165, 1.54) is 12.8 Å². The summed E-state index contributed by atoms with van der Waals surface area (Å²) in [5, 5.41) is 0. The van der Waals surface area contributed by atoms with Crippen LogP contribution in [0.25, 0.3) is 0 Å². The summed E-state index contributed by atoms with van der Waals surface area (Å²) in [5.41, 5.74) is 3.16. The first-order valence-corrected chi connectivity index (χ1v) is 10.1. The largest absolute Gasteiger partial charge is 0.497 e. The Hall–Kier alpha value is -2.47. The third kappa shape index (κ3) is 4.02. The molecule has 1 amide bonds. The van der Waals surface area contributed by atoms with E-state index in [9.17, 15) is 4.79 Å². The van der Waals surface area contributed by atoms with Gasteiger partial charge in [-0.1, -0.05) is 18.6 Å². The number of fused-ring (bicyclic) bond motifs is 1. The molecule has 0 bridgehead atoms. The molecule has 3 heterocycles. The molecule has 1 aromatic heterocycles. The van der Waals surface area contributed by atoms with E-state index < -0.39 is 0 Å². The molecule has 6 heteroatoms. The molecule has 1 aromatic carbocycles. The van der Waals surface area contributed by atoms with Gasteiger partial charge in [0.1, 0.15) is 11.6 Å². The molecular formula is C22H28N4O2. The molecule has 2 aromatic rings. The second-order valence-corrected chi connectivity index (χ2v) is 7.79. The number of methoxy groups -OCH3 is 1. The molecule has 1 fully saturated rings. The van der Waals surface area contributed by atoms with E-state index in [0.717, 1.165) is 47.8 Å². The Kier molecular flexibility index (Phi) is 5.57. The van der Waals surface area contributed by atoms with Crippen molar-refractivity contribution in [2.75, 3.05) is 27.2 Å². The minimum atomic E-state index is 0.134. The van der Waals surface area contributed by atoms with Crippen LogP contribution >= 0.6 is 0 Å². The number of nitrogens with zero attached hydrogens (tertiary/aromatic N) is 4. The first kappa shape index (κ1) is 18.9. The number of piperidine rings is 1. The second-order valence-electron chi connectivity index (χ2n) is 7.79. The molecule has 0 radical (unpaired) electrons. The molecule has 0 saturated carbocycles. The maximum atomic E-state index is 12.8. The number of likely N-dealkylation sites (tertiary alicyclic amines) is 1. The number of amides is 1. The van der Waals surface area contributed by atoms with Crippen LogP contribution in [0.1, 0.15) is 47.9 Å². The minimum absolute atomic E-state index is 0.134. The van der Waals surface area contributed by atoms with Crippen LogP contribution < -0.4 is 4.74 Å². The van der Waals surface area contributed by atoms with Crippen molar-refractivity contribution in [1.82, 2.24) is 19.8 Å². The second kappa shape index (κ2) is 8.27. The number of aromatic nitrogens is 2. The summed E-state index contributed by atoms with van der Waals surface area (Å²) in [6.45, 7) is 2.42. The summed E-state index contributed by atoms with van der Waals surface area (Å²) in [6, 6.07) is 8.03. The fourth-order valence-corrected chi connectivity index (χ4v) is 4.18. The van der Waals surface area contributed by atoms with Gasteiger partial charge >= 0.3 is 0 Å². The van der Waals surface area contributed by atoms with Crippen LogP contribution in [0.5, 0.6) is 5.75 Å². The molecule has 6 nitrogen and oxygen atoms in total. The zero-order chi connectivity index (χ0) is 19.5. The molecule has 2 aliphatic rings. The molecule has 1 atom stereocenters. The van der Waals surface area contributed by atoms with Gasteiger partial charge < -0.3 is 9.64 Å². The summed E-state index contributed by atoms with van der Waals surface area (Å²) in [4.78, 5) is 26.6. The van der Waals surface area contributed by atoms with Crippen LogP contribution in [0.2, 0.25) is 0 Å². The minimum Gasteiger partial charge on any atom is -0.497 e. The molecule has 1 saturated heterocycles. The van der Waals surface area contributed by atoms with Crippen LogP contribution in [0.4, 0.5) is 0 Å². The van der Waals surface area contributed by atoms with E-state index in [-0.39, 0.29) is 5.91 Å². The summed E-state index contributed by atoms with van der Waals surface area (Å²) >= 11 is 0. The topological polar surface area (TPSA) is 58.6 Å². The fourth-order valence-electron chi connectivity index (χ4n) is 4.18. The Labute approximate surface area is 166 Å². The molecule has 0 N–H and O–H groups in total. The van der Waals surface area contributed by atoms with Crippen molar-refractivity contribution in [3.63, 3.8) is 0 Å². The fraction of sp³-hybridized carbons (Fsp3) is 0.500. The van der Waals surface area contributed by atoms with Gasteiger partial charge in [0.05, 0.1) is 25.3 Å². The summed E-state index contributed by atoms with van der Waals surface area (Å²) < 4.78 is 5.25.